The Bertz CT molecular complexity index is 665. The number of benzene rings is 1. The van der Waals surface area contributed by atoms with Crippen LogP contribution in [0.15, 0.2) is 17.0 Å². The Kier molecular flexibility index (Phi) is 5.87. The number of thioether (sulfide) groups is 1. The van der Waals surface area contributed by atoms with Crippen molar-refractivity contribution in [3.63, 3.8) is 0 Å². The first kappa shape index (κ1) is 18.0. The van der Waals surface area contributed by atoms with Gasteiger partial charge in [-0.15, -0.1) is 0 Å². The average Bonchev–Trinajstić information content (AvgIpc) is 2.75. The van der Waals surface area contributed by atoms with Crippen molar-refractivity contribution in [1.29, 1.82) is 0 Å². The molecule has 1 aliphatic rings. The molecule has 1 fully saturated rings. The summed E-state index contributed by atoms with van der Waals surface area (Å²) in [4.78, 5) is 14.7. The van der Waals surface area contributed by atoms with Crippen LogP contribution in [-0.2, 0) is 4.79 Å². The quantitative estimate of drug-likeness (QED) is 0.567. The van der Waals surface area contributed by atoms with Crippen LogP contribution in [0, 0.1) is 6.92 Å². The maximum Gasteiger partial charge on any atom is 0.266 e. The van der Waals surface area contributed by atoms with Gasteiger partial charge >= 0.3 is 0 Å². The summed E-state index contributed by atoms with van der Waals surface area (Å²) in [5.74, 6) is 1.29. The van der Waals surface area contributed by atoms with Crippen LogP contribution in [0.5, 0.6) is 5.75 Å². The van der Waals surface area contributed by atoms with Gasteiger partial charge in [0.1, 0.15) is 10.1 Å². The summed E-state index contributed by atoms with van der Waals surface area (Å²) < 4.78 is 6.39. The number of nitrogens with zero attached hydrogens (tertiary/aromatic N) is 1. The summed E-state index contributed by atoms with van der Waals surface area (Å²) in [6, 6.07) is 4.19. The molecule has 1 aromatic carbocycles. The van der Waals surface area contributed by atoms with Crippen LogP contribution in [0.1, 0.15) is 50.3 Å². The number of likely N-dealkylation sites (N-methyl/N-ethyl adjacent to an activating group) is 1. The van der Waals surface area contributed by atoms with Gasteiger partial charge in [0.15, 0.2) is 0 Å². The van der Waals surface area contributed by atoms with E-state index in [0.717, 1.165) is 22.4 Å². The molecule has 0 aromatic heterocycles. The molecule has 0 atom stereocenters. The van der Waals surface area contributed by atoms with E-state index in [-0.39, 0.29) is 5.91 Å². The second kappa shape index (κ2) is 7.49. The molecule has 0 unspecified atom stereocenters. The van der Waals surface area contributed by atoms with Crippen molar-refractivity contribution < 1.29 is 9.53 Å². The molecule has 0 N–H and O–H groups in total. The van der Waals surface area contributed by atoms with Crippen molar-refractivity contribution in [1.82, 2.24) is 4.90 Å². The van der Waals surface area contributed by atoms with Crippen molar-refractivity contribution in [3.8, 4) is 5.75 Å². The van der Waals surface area contributed by atoms with E-state index in [2.05, 4.69) is 26.0 Å². The second-order valence-corrected chi connectivity index (χ2v) is 7.44. The maximum absolute atomic E-state index is 12.4. The van der Waals surface area contributed by atoms with E-state index >= 15 is 0 Å². The fraction of sp³-hybridized carbons (Fsp3) is 0.444. The van der Waals surface area contributed by atoms with Crippen LogP contribution < -0.4 is 4.74 Å². The van der Waals surface area contributed by atoms with Gasteiger partial charge in [-0.05, 0) is 61.6 Å². The van der Waals surface area contributed by atoms with Crippen molar-refractivity contribution in [2.45, 2.75) is 40.5 Å². The predicted molar refractivity (Wildman–Crippen MR) is 102 cm³/mol. The van der Waals surface area contributed by atoms with Crippen LogP contribution in [0.2, 0.25) is 0 Å². The molecule has 0 radical (unpaired) electrons. The highest BCUT2D eigenvalue weighted by atomic mass is 32.2. The van der Waals surface area contributed by atoms with Gasteiger partial charge in [0.25, 0.3) is 5.91 Å². The lowest BCUT2D eigenvalue weighted by Crippen LogP contribution is -2.27. The SMILES string of the molecule is CCOc1cc(C)c(C=C2SC(=S)N(CC)C2=O)cc1C(C)C. The molecule has 23 heavy (non-hydrogen) atoms. The molecule has 1 saturated heterocycles. The standard InChI is InChI=1S/C18H23NO2S2/c1-6-19-17(20)16(23-18(19)22)10-13-9-14(11(3)4)15(21-7-2)8-12(13)5/h8-11H,6-7H2,1-5H3. The van der Waals surface area contributed by atoms with E-state index < -0.39 is 0 Å². The van der Waals surface area contributed by atoms with Crippen molar-refractivity contribution in [3.05, 3.63) is 33.7 Å². The van der Waals surface area contributed by atoms with E-state index in [1.165, 1.54) is 11.8 Å². The lowest BCUT2D eigenvalue weighted by atomic mass is 9.96. The first-order chi connectivity index (χ1) is 10.9. The fourth-order valence-corrected chi connectivity index (χ4v) is 3.89. The zero-order chi connectivity index (χ0) is 17.1. The molecular formula is C18H23NO2S2. The maximum atomic E-state index is 12.4. The summed E-state index contributed by atoms with van der Waals surface area (Å²) >= 11 is 6.65. The van der Waals surface area contributed by atoms with Gasteiger partial charge in [-0.2, -0.15) is 0 Å². The molecule has 1 aliphatic heterocycles. The van der Waals surface area contributed by atoms with Crippen molar-refractivity contribution in [2.75, 3.05) is 13.2 Å². The summed E-state index contributed by atoms with van der Waals surface area (Å²) in [6.07, 6.45) is 1.95. The Balaban J connectivity index is 2.44. The van der Waals surface area contributed by atoms with Crippen LogP contribution in [-0.4, -0.2) is 28.3 Å². The first-order valence-electron chi connectivity index (χ1n) is 7.91. The van der Waals surface area contributed by atoms with Gasteiger partial charge in [-0.25, -0.2) is 0 Å². The molecule has 0 saturated carbocycles. The highest BCUT2D eigenvalue weighted by Gasteiger charge is 2.30. The molecule has 1 aromatic rings. The zero-order valence-corrected chi connectivity index (χ0v) is 15.9. The van der Waals surface area contributed by atoms with Gasteiger partial charge in [0, 0.05) is 6.54 Å². The molecule has 3 nitrogen and oxygen atoms in total. The smallest absolute Gasteiger partial charge is 0.266 e. The molecular weight excluding hydrogens is 326 g/mol. The van der Waals surface area contributed by atoms with Crippen molar-refractivity contribution >= 4 is 40.3 Å². The number of carbonyl (C=O) groups excluding carboxylic acids is 1. The van der Waals surface area contributed by atoms with E-state index in [1.54, 1.807) is 4.90 Å². The highest BCUT2D eigenvalue weighted by molar-refractivity contribution is 8.26. The molecule has 1 heterocycles. The van der Waals surface area contributed by atoms with Gasteiger partial charge in [-0.1, -0.05) is 37.8 Å². The largest absolute Gasteiger partial charge is 0.494 e. The summed E-state index contributed by atoms with van der Waals surface area (Å²) in [5.41, 5.74) is 3.31. The molecule has 0 aliphatic carbocycles. The summed E-state index contributed by atoms with van der Waals surface area (Å²) in [7, 11) is 0. The van der Waals surface area contributed by atoms with E-state index in [0.29, 0.717) is 28.3 Å². The molecule has 5 heteroatoms. The van der Waals surface area contributed by atoms with Crippen LogP contribution >= 0.6 is 24.0 Å². The third kappa shape index (κ3) is 3.78. The molecule has 2 rings (SSSR count). The minimum atomic E-state index is 0.00174. The summed E-state index contributed by atoms with van der Waals surface area (Å²) in [6.45, 7) is 11.5. The predicted octanol–water partition coefficient (Wildman–Crippen LogP) is 4.74. The van der Waals surface area contributed by atoms with E-state index in [1.807, 2.05) is 26.8 Å². The number of ether oxygens (including phenoxy) is 1. The van der Waals surface area contributed by atoms with E-state index in [4.69, 9.17) is 17.0 Å². The Morgan fingerprint density at radius 3 is 2.57 bits per heavy atom. The third-order valence-corrected chi connectivity index (χ3v) is 5.17. The summed E-state index contributed by atoms with van der Waals surface area (Å²) in [5, 5.41) is 0. The number of rotatable bonds is 5. The third-order valence-electron chi connectivity index (χ3n) is 3.80. The van der Waals surface area contributed by atoms with Crippen LogP contribution in [0.4, 0.5) is 0 Å². The zero-order valence-electron chi connectivity index (χ0n) is 14.3. The Hall–Kier alpha value is -1.33. The number of carbonyl (C=O) groups is 1. The number of hydrogen-bond donors (Lipinski definition) is 0. The average molecular weight is 350 g/mol. The topological polar surface area (TPSA) is 29.5 Å². The Morgan fingerprint density at radius 1 is 1.35 bits per heavy atom. The van der Waals surface area contributed by atoms with Crippen molar-refractivity contribution in [2.24, 2.45) is 0 Å². The van der Waals surface area contributed by atoms with Gasteiger partial charge in [0.05, 0.1) is 11.5 Å². The number of hydrogen-bond acceptors (Lipinski definition) is 4. The van der Waals surface area contributed by atoms with Crippen LogP contribution in [0.3, 0.4) is 0 Å². The Labute approximate surface area is 148 Å². The molecule has 0 bridgehead atoms. The fourth-order valence-electron chi connectivity index (χ4n) is 2.52. The lowest BCUT2D eigenvalue weighted by molar-refractivity contribution is -0.121. The van der Waals surface area contributed by atoms with Gasteiger partial charge in [-0.3, -0.25) is 9.69 Å². The monoisotopic (exact) mass is 349 g/mol. The van der Waals surface area contributed by atoms with Crippen LogP contribution in [0.25, 0.3) is 6.08 Å². The number of aryl methyl sites for hydroxylation is 1. The molecule has 0 spiro atoms. The van der Waals surface area contributed by atoms with Gasteiger partial charge < -0.3 is 4.74 Å². The Morgan fingerprint density at radius 2 is 2.04 bits per heavy atom. The lowest BCUT2D eigenvalue weighted by Gasteiger charge is -2.16. The number of thiocarbonyl (C=S) groups is 1. The highest BCUT2D eigenvalue weighted by Crippen LogP contribution is 2.35. The minimum Gasteiger partial charge on any atom is -0.494 e. The second-order valence-electron chi connectivity index (χ2n) is 5.76. The normalized spacial score (nSPS) is 16.8. The first-order valence-corrected chi connectivity index (χ1v) is 9.14. The van der Waals surface area contributed by atoms with E-state index in [9.17, 15) is 4.79 Å². The molecule has 1 amide bonds. The number of amides is 1. The molecule has 124 valence electrons. The van der Waals surface area contributed by atoms with Gasteiger partial charge in [0.2, 0.25) is 0 Å². The minimum absolute atomic E-state index is 0.00174.